The molecule has 0 bridgehead atoms. The highest BCUT2D eigenvalue weighted by molar-refractivity contribution is 7.45. The Balaban J connectivity index is 2.96. The van der Waals surface area contributed by atoms with Crippen molar-refractivity contribution in [2.24, 2.45) is 0 Å². The summed E-state index contributed by atoms with van der Waals surface area (Å²) in [4.78, 5) is 0. The summed E-state index contributed by atoms with van der Waals surface area (Å²) in [6.07, 6.45) is 0. The van der Waals surface area contributed by atoms with Gasteiger partial charge in [0.25, 0.3) is 0 Å². The van der Waals surface area contributed by atoms with Gasteiger partial charge in [-0.3, -0.25) is 0 Å². The van der Waals surface area contributed by atoms with Gasteiger partial charge in [0.05, 0.1) is 16.4 Å². The molecule has 0 unspecified atom stereocenters. The molecule has 112 valence electrons. The van der Waals surface area contributed by atoms with Crippen molar-refractivity contribution in [3.05, 3.63) is 24.3 Å². The molecule has 4 heteroatoms. The third kappa shape index (κ3) is 4.29. The molecule has 0 amide bonds. The summed E-state index contributed by atoms with van der Waals surface area (Å²) in [6, 6.07) is 12.8. The van der Waals surface area contributed by atoms with Crippen LogP contribution in [0.3, 0.4) is 0 Å². The summed E-state index contributed by atoms with van der Waals surface area (Å²) in [5, 5.41) is 3.28. The predicted octanol–water partition coefficient (Wildman–Crippen LogP) is 4.10. The average Bonchev–Trinajstić information content (AvgIpc) is 2.36. The zero-order valence-electron chi connectivity index (χ0n) is 14.7. The Labute approximate surface area is 132 Å². The number of hydrogen-bond acceptors (Lipinski definition) is 0. The molecular weight excluding hydrogens is 305 g/mol. The topological polar surface area (TPSA) is 0 Å². The van der Waals surface area contributed by atoms with Crippen LogP contribution in [0.25, 0.3) is 0 Å². The molecule has 1 aromatic carbocycles. The first-order chi connectivity index (χ1) is 9.08. The Kier molecular flexibility index (Phi) is 6.26. The van der Waals surface area contributed by atoms with Gasteiger partial charge in [-0.2, -0.15) is 0 Å². The smallest absolute Gasteiger partial charge is 0.0713 e. The van der Waals surface area contributed by atoms with Crippen molar-refractivity contribution in [1.29, 1.82) is 0 Å². The Hall–Kier alpha value is 0.0875. The van der Waals surface area contributed by atoms with Gasteiger partial charge in [-0.15, -0.1) is 0 Å². The monoisotopic (exact) mass is 336 g/mol. The third-order valence-electron chi connectivity index (χ3n) is 5.13. The summed E-state index contributed by atoms with van der Waals surface area (Å²) >= 11 is 0. The van der Waals surface area contributed by atoms with E-state index in [2.05, 4.69) is 76.6 Å². The van der Waals surface area contributed by atoms with E-state index < -0.39 is 15.2 Å². The van der Waals surface area contributed by atoms with Crippen LogP contribution in [0.4, 0.5) is 0 Å². The van der Waals surface area contributed by atoms with Gasteiger partial charge in [-0.1, -0.05) is 99.1 Å². The molecular formula is C16H32Si4. The fourth-order valence-electron chi connectivity index (χ4n) is 2.49. The highest BCUT2D eigenvalue weighted by Gasteiger charge is 2.41. The normalized spacial score (nSPS) is 13.3. The van der Waals surface area contributed by atoms with Gasteiger partial charge in [-0.25, -0.2) is 0 Å². The second-order valence-electron chi connectivity index (χ2n) is 7.79. The lowest BCUT2D eigenvalue weighted by Crippen LogP contribution is -2.63. The lowest BCUT2D eigenvalue weighted by molar-refractivity contribution is 1.33. The highest BCUT2D eigenvalue weighted by atomic mass is 29.3. The number of hydrogen-bond donors (Lipinski definition) is 0. The highest BCUT2D eigenvalue weighted by Crippen LogP contribution is 2.25. The van der Waals surface area contributed by atoms with Crippen molar-refractivity contribution in [2.75, 3.05) is 0 Å². The standard InChI is InChI=1S/C16H32Si4/c1-17(2)13-14-19(5,6)20(7,8)16-11-9-15(10-12-16)18(3)4/h9-12H,13-14H2,1-8H3. The van der Waals surface area contributed by atoms with E-state index in [1.54, 1.807) is 10.4 Å². The quantitative estimate of drug-likeness (QED) is 0.686. The van der Waals surface area contributed by atoms with Crippen LogP contribution in [0.2, 0.25) is 64.5 Å². The summed E-state index contributed by atoms with van der Waals surface area (Å²) < 4.78 is 0. The minimum Gasteiger partial charge on any atom is -0.0713 e. The van der Waals surface area contributed by atoms with Gasteiger partial charge in [-0.05, 0) is 0 Å². The van der Waals surface area contributed by atoms with Crippen LogP contribution in [0.15, 0.2) is 24.3 Å². The van der Waals surface area contributed by atoms with Crippen molar-refractivity contribution < 1.29 is 0 Å². The maximum absolute atomic E-state index is 2.65. The summed E-state index contributed by atoms with van der Waals surface area (Å²) in [7, 11) is -2.74. The molecule has 0 N–H and O–H groups in total. The number of rotatable bonds is 6. The van der Waals surface area contributed by atoms with E-state index in [0.29, 0.717) is 0 Å². The zero-order valence-corrected chi connectivity index (χ0v) is 18.7. The third-order valence-corrected chi connectivity index (χ3v) is 26.8. The maximum Gasteiger partial charge on any atom is 0.0791 e. The van der Waals surface area contributed by atoms with E-state index in [9.17, 15) is 0 Å². The fraction of sp³-hybridized carbons (Fsp3) is 0.625. The van der Waals surface area contributed by atoms with Crippen molar-refractivity contribution in [3.8, 4) is 0 Å². The molecule has 1 aromatic rings. The average molecular weight is 337 g/mol. The van der Waals surface area contributed by atoms with Gasteiger partial charge >= 0.3 is 0 Å². The molecule has 20 heavy (non-hydrogen) atoms. The molecule has 1 rings (SSSR count). The Morgan fingerprint density at radius 3 is 1.75 bits per heavy atom. The summed E-state index contributed by atoms with van der Waals surface area (Å²) in [5.74, 6) is 0. The second-order valence-corrected chi connectivity index (χ2v) is 29.2. The van der Waals surface area contributed by atoms with Gasteiger partial charge in [0.1, 0.15) is 0 Å². The van der Waals surface area contributed by atoms with E-state index in [1.807, 2.05) is 0 Å². The van der Waals surface area contributed by atoms with Gasteiger partial charge in [0, 0.05) is 16.4 Å². The summed E-state index contributed by atoms with van der Waals surface area (Å²) in [5.41, 5.74) is 0. The Morgan fingerprint density at radius 1 is 0.850 bits per heavy atom. The van der Waals surface area contributed by atoms with E-state index in [1.165, 1.54) is 12.1 Å². The van der Waals surface area contributed by atoms with Crippen molar-refractivity contribution >= 4 is 43.1 Å². The minimum atomic E-state index is -1.27. The van der Waals surface area contributed by atoms with Gasteiger partial charge in [0.2, 0.25) is 0 Å². The summed E-state index contributed by atoms with van der Waals surface area (Å²) in [6.45, 7) is 20.2. The van der Waals surface area contributed by atoms with Crippen LogP contribution in [0, 0.1) is 0 Å². The first-order valence-corrected chi connectivity index (χ1v) is 20.2. The SMILES string of the molecule is C[Si](C)CC[Si](C)(C)[Si](C)(C)c1ccc([Si](C)C)cc1. The van der Waals surface area contributed by atoms with Crippen molar-refractivity contribution in [1.82, 2.24) is 0 Å². The van der Waals surface area contributed by atoms with Crippen LogP contribution in [0.1, 0.15) is 0 Å². The molecule has 0 saturated carbocycles. The molecule has 0 fully saturated rings. The van der Waals surface area contributed by atoms with Crippen LogP contribution in [0.5, 0.6) is 0 Å². The maximum atomic E-state index is 2.65. The van der Waals surface area contributed by atoms with Crippen LogP contribution < -0.4 is 10.4 Å². The van der Waals surface area contributed by atoms with Crippen LogP contribution >= 0.6 is 0 Å². The first-order valence-electron chi connectivity index (χ1n) is 7.78. The van der Waals surface area contributed by atoms with E-state index >= 15 is 0 Å². The molecule has 0 atom stereocenters. The van der Waals surface area contributed by atoms with E-state index in [0.717, 1.165) is 0 Å². The van der Waals surface area contributed by atoms with Crippen LogP contribution in [-0.4, -0.2) is 32.8 Å². The molecule has 0 aliphatic carbocycles. The molecule has 0 aliphatic heterocycles. The second kappa shape index (κ2) is 6.90. The fourth-order valence-corrected chi connectivity index (χ4v) is 16.1. The van der Waals surface area contributed by atoms with Gasteiger partial charge in [0.15, 0.2) is 0 Å². The molecule has 0 spiro atoms. The van der Waals surface area contributed by atoms with E-state index in [-0.39, 0.29) is 17.6 Å². The lowest BCUT2D eigenvalue weighted by Gasteiger charge is -2.39. The first kappa shape index (κ1) is 18.1. The minimum absolute atomic E-state index is 0.0652. The molecule has 0 aliphatic rings. The molecule has 0 heterocycles. The number of benzene rings is 1. The molecule has 0 aromatic heterocycles. The van der Waals surface area contributed by atoms with E-state index in [4.69, 9.17) is 0 Å². The predicted molar refractivity (Wildman–Crippen MR) is 105 cm³/mol. The van der Waals surface area contributed by atoms with Gasteiger partial charge < -0.3 is 0 Å². The van der Waals surface area contributed by atoms with Crippen molar-refractivity contribution in [3.63, 3.8) is 0 Å². The Morgan fingerprint density at radius 2 is 1.35 bits per heavy atom. The molecule has 2 radical (unpaired) electrons. The molecule has 0 nitrogen and oxygen atoms in total. The molecule has 0 saturated heterocycles. The van der Waals surface area contributed by atoms with Crippen LogP contribution in [-0.2, 0) is 0 Å². The zero-order chi connectivity index (χ0) is 15.6. The lowest BCUT2D eigenvalue weighted by atomic mass is 10.4. The Bertz CT molecular complexity index is 419. The van der Waals surface area contributed by atoms with Crippen molar-refractivity contribution in [2.45, 2.75) is 64.5 Å². The largest absolute Gasteiger partial charge is 0.0791 e.